The fourth-order valence-electron chi connectivity index (χ4n) is 3.66. The number of hydrogen-bond donors (Lipinski definition) is 4. The Balaban J connectivity index is 1.57. The van der Waals surface area contributed by atoms with Crippen LogP contribution in [0.15, 0.2) is 42.5 Å². The lowest BCUT2D eigenvalue weighted by molar-refractivity contribution is -0.137. The third kappa shape index (κ3) is 7.03. The van der Waals surface area contributed by atoms with E-state index in [1.807, 2.05) is 12.1 Å². The first-order valence-corrected chi connectivity index (χ1v) is 12.5. The molecule has 0 bridgehead atoms. The molecule has 3 rings (SSSR count). The third-order valence-electron chi connectivity index (χ3n) is 5.35. The molecule has 2 aromatic carbocycles. The summed E-state index contributed by atoms with van der Waals surface area (Å²) in [5.74, 6) is -2.30. The van der Waals surface area contributed by atoms with E-state index in [1.165, 1.54) is 23.1 Å². The second-order valence-corrected chi connectivity index (χ2v) is 9.84. The highest BCUT2D eigenvalue weighted by Gasteiger charge is 2.25. The number of hydrogen-bond acceptors (Lipinski definition) is 6. The maximum Gasteiger partial charge on any atom is 0.303 e. The number of rotatable bonds is 11. The van der Waals surface area contributed by atoms with E-state index >= 15 is 0 Å². The number of phenolic OH excluding ortho intramolecular Hbond substituents is 1. The Morgan fingerprint density at radius 2 is 1.85 bits per heavy atom. The number of carbonyl (C=O) groups is 3. The number of sulfonamides is 1. The van der Waals surface area contributed by atoms with Crippen LogP contribution in [-0.2, 0) is 31.8 Å². The number of anilines is 1. The number of carboxylic acids is 1. The number of nitrogens with one attached hydrogen (secondary N) is 2. The summed E-state index contributed by atoms with van der Waals surface area (Å²) < 4.78 is 27.0. The zero-order valence-corrected chi connectivity index (χ0v) is 19.3. The topological polar surface area (TPSA) is 153 Å². The molecule has 10 nitrogen and oxygen atoms in total. The van der Waals surface area contributed by atoms with Crippen LogP contribution in [0.5, 0.6) is 5.75 Å². The van der Waals surface area contributed by atoms with Crippen molar-refractivity contribution in [3.63, 3.8) is 0 Å². The second kappa shape index (κ2) is 11.1. The average molecular weight is 490 g/mol. The maximum absolute atomic E-state index is 12.6. The number of phenols is 1. The van der Waals surface area contributed by atoms with E-state index in [4.69, 9.17) is 5.11 Å². The van der Waals surface area contributed by atoms with Crippen molar-refractivity contribution < 1.29 is 33.0 Å². The molecule has 182 valence electrons. The van der Waals surface area contributed by atoms with E-state index in [0.29, 0.717) is 36.9 Å². The van der Waals surface area contributed by atoms with Gasteiger partial charge in [0.15, 0.2) is 0 Å². The summed E-state index contributed by atoms with van der Waals surface area (Å²) in [5.41, 5.74) is 1.89. The van der Waals surface area contributed by atoms with Crippen LogP contribution >= 0.6 is 0 Å². The molecule has 1 aliphatic heterocycles. The zero-order chi connectivity index (χ0) is 24.7. The lowest BCUT2D eigenvalue weighted by Gasteiger charge is -2.28. The molecular formula is C23H27N3O7S. The Hall–Kier alpha value is -3.44. The van der Waals surface area contributed by atoms with Crippen LogP contribution in [0.25, 0.3) is 0 Å². The summed E-state index contributed by atoms with van der Waals surface area (Å²) in [6.45, 7) is 0.309. The molecule has 1 aliphatic rings. The Labute approximate surface area is 197 Å². The van der Waals surface area contributed by atoms with Gasteiger partial charge in [-0.05, 0) is 48.6 Å². The number of carbonyl (C=O) groups excluding carboxylic acids is 2. The first-order valence-electron chi connectivity index (χ1n) is 10.8. The molecule has 34 heavy (non-hydrogen) atoms. The van der Waals surface area contributed by atoms with Crippen LogP contribution in [0, 0.1) is 0 Å². The summed E-state index contributed by atoms with van der Waals surface area (Å²) in [7, 11) is -3.70. The monoisotopic (exact) mass is 489 g/mol. The van der Waals surface area contributed by atoms with E-state index < -0.39 is 21.9 Å². The number of aliphatic carboxylic acids is 1. The van der Waals surface area contributed by atoms with Crippen molar-refractivity contribution in [3.05, 3.63) is 59.2 Å². The molecule has 0 unspecified atom stereocenters. The van der Waals surface area contributed by atoms with Gasteiger partial charge in [0.05, 0.1) is 11.4 Å². The SMILES string of the molecule is O=C(O)CCCCNS(=O)(=O)Cc1ccc(O)c(NC(=O)CN2CCc3ccccc3C2=O)c1. The quantitative estimate of drug-likeness (QED) is 0.277. The predicted octanol–water partition coefficient (Wildman–Crippen LogP) is 1.70. The van der Waals surface area contributed by atoms with Crippen LogP contribution in [-0.4, -0.2) is 60.9 Å². The third-order valence-corrected chi connectivity index (χ3v) is 6.71. The minimum atomic E-state index is -3.70. The minimum Gasteiger partial charge on any atom is -0.506 e. The van der Waals surface area contributed by atoms with E-state index in [1.54, 1.807) is 12.1 Å². The van der Waals surface area contributed by atoms with Crippen LogP contribution in [0.3, 0.4) is 0 Å². The molecule has 0 aliphatic carbocycles. The van der Waals surface area contributed by atoms with Crippen LogP contribution in [0.1, 0.15) is 40.7 Å². The van der Waals surface area contributed by atoms with Gasteiger partial charge < -0.3 is 20.4 Å². The van der Waals surface area contributed by atoms with E-state index in [9.17, 15) is 27.9 Å². The molecule has 0 aromatic heterocycles. The van der Waals surface area contributed by atoms with Crippen molar-refractivity contribution in [2.24, 2.45) is 0 Å². The van der Waals surface area contributed by atoms with Crippen molar-refractivity contribution in [1.82, 2.24) is 9.62 Å². The Morgan fingerprint density at radius 1 is 1.09 bits per heavy atom. The number of nitrogens with zero attached hydrogens (tertiary/aromatic N) is 1. The van der Waals surface area contributed by atoms with Crippen molar-refractivity contribution in [2.75, 3.05) is 25.0 Å². The first kappa shape index (κ1) is 25.2. The van der Waals surface area contributed by atoms with E-state index in [0.717, 1.165) is 5.56 Å². The average Bonchev–Trinajstić information content (AvgIpc) is 2.77. The fraction of sp³-hybridized carbons (Fsp3) is 0.348. The molecule has 2 aromatic rings. The second-order valence-electron chi connectivity index (χ2n) is 8.04. The minimum absolute atomic E-state index is 0.0295. The summed E-state index contributed by atoms with van der Waals surface area (Å²) in [6, 6.07) is 11.3. The van der Waals surface area contributed by atoms with Gasteiger partial charge in [-0.2, -0.15) is 0 Å². The number of amides is 2. The van der Waals surface area contributed by atoms with Crippen molar-refractivity contribution in [1.29, 1.82) is 0 Å². The van der Waals surface area contributed by atoms with Gasteiger partial charge in [-0.1, -0.05) is 24.3 Å². The summed E-state index contributed by atoms with van der Waals surface area (Å²) in [5, 5.41) is 21.3. The van der Waals surface area contributed by atoms with Crippen LogP contribution < -0.4 is 10.0 Å². The number of aromatic hydroxyl groups is 1. The number of benzene rings is 2. The highest BCUT2D eigenvalue weighted by Crippen LogP contribution is 2.25. The van der Waals surface area contributed by atoms with Gasteiger partial charge in [-0.15, -0.1) is 0 Å². The van der Waals surface area contributed by atoms with E-state index in [2.05, 4.69) is 10.0 Å². The highest BCUT2D eigenvalue weighted by atomic mass is 32.2. The molecule has 1 heterocycles. The van der Waals surface area contributed by atoms with Gasteiger partial charge in [0.25, 0.3) is 5.91 Å². The van der Waals surface area contributed by atoms with Gasteiger partial charge in [-0.25, -0.2) is 13.1 Å². The smallest absolute Gasteiger partial charge is 0.303 e. The van der Waals surface area contributed by atoms with E-state index in [-0.39, 0.29) is 42.6 Å². The number of carboxylic acid groups (broad SMARTS) is 1. The van der Waals surface area contributed by atoms with Crippen molar-refractivity contribution in [2.45, 2.75) is 31.4 Å². The molecule has 4 N–H and O–H groups in total. The van der Waals surface area contributed by atoms with Crippen molar-refractivity contribution >= 4 is 33.5 Å². The summed E-state index contributed by atoms with van der Waals surface area (Å²) >= 11 is 0. The highest BCUT2D eigenvalue weighted by molar-refractivity contribution is 7.88. The van der Waals surface area contributed by atoms with Gasteiger partial charge in [-0.3, -0.25) is 14.4 Å². The first-order chi connectivity index (χ1) is 16.1. The lowest BCUT2D eigenvalue weighted by atomic mass is 9.99. The zero-order valence-electron chi connectivity index (χ0n) is 18.5. The molecule has 0 saturated heterocycles. The lowest BCUT2D eigenvalue weighted by Crippen LogP contribution is -2.42. The fourth-order valence-corrected chi connectivity index (χ4v) is 4.84. The van der Waals surface area contributed by atoms with Gasteiger partial charge >= 0.3 is 5.97 Å². The maximum atomic E-state index is 12.6. The summed E-state index contributed by atoms with van der Waals surface area (Å²) in [6.07, 6.45) is 1.36. The Bertz CT molecular complexity index is 1180. The normalized spacial score (nSPS) is 13.4. The van der Waals surface area contributed by atoms with Crippen molar-refractivity contribution in [3.8, 4) is 5.75 Å². The molecule has 11 heteroatoms. The Kier molecular flexibility index (Phi) is 8.24. The van der Waals surface area contributed by atoms with Crippen LogP contribution in [0.4, 0.5) is 5.69 Å². The van der Waals surface area contributed by atoms with Gasteiger partial charge in [0, 0.05) is 25.1 Å². The van der Waals surface area contributed by atoms with Crippen LogP contribution in [0.2, 0.25) is 0 Å². The molecule has 0 saturated carbocycles. The molecule has 0 atom stereocenters. The number of unbranched alkanes of at least 4 members (excludes halogenated alkanes) is 1. The summed E-state index contributed by atoms with van der Waals surface area (Å²) in [4.78, 5) is 37.1. The largest absolute Gasteiger partial charge is 0.506 e. The standard InChI is InChI=1S/C23H27N3O7S/c27-20-9-8-16(15-34(32,33)24-11-4-3-7-22(29)30)13-19(20)25-21(28)14-26-12-10-17-5-1-2-6-18(17)23(26)31/h1-2,5-6,8-9,13,24,27H,3-4,7,10-12,14-15H2,(H,25,28)(H,29,30). The number of fused-ring (bicyclic) bond motifs is 1. The van der Waals surface area contributed by atoms with Gasteiger partial charge in [0.2, 0.25) is 15.9 Å². The predicted molar refractivity (Wildman–Crippen MR) is 125 cm³/mol. The van der Waals surface area contributed by atoms with Gasteiger partial charge in [0.1, 0.15) is 12.3 Å². The molecular weight excluding hydrogens is 462 g/mol. The molecule has 0 spiro atoms. The molecule has 2 amide bonds. The molecule has 0 fully saturated rings. The molecule has 0 radical (unpaired) electrons. The Morgan fingerprint density at radius 3 is 2.62 bits per heavy atom.